The van der Waals surface area contributed by atoms with E-state index >= 15 is 0 Å². The van der Waals surface area contributed by atoms with E-state index in [1.807, 2.05) is 32.0 Å². The van der Waals surface area contributed by atoms with Crippen molar-refractivity contribution in [3.63, 3.8) is 0 Å². The van der Waals surface area contributed by atoms with Gasteiger partial charge in [0, 0.05) is 35.3 Å². The van der Waals surface area contributed by atoms with E-state index in [1.54, 1.807) is 13.8 Å². The Kier molecular flexibility index (Phi) is 9.06. The summed E-state index contributed by atoms with van der Waals surface area (Å²) in [4.78, 5) is 39.6. The lowest BCUT2D eigenvalue weighted by molar-refractivity contribution is -0.314. The molecular weight excluding hydrogens is 496 g/mol. The first-order valence-corrected chi connectivity index (χ1v) is 14.6. The Morgan fingerprint density at radius 2 is 1.67 bits per heavy atom. The second-order valence-corrected chi connectivity index (χ2v) is 13.0. The molecule has 2 saturated carbocycles. The minimum Gasteiger partial charge on any atom is -0.550 e. The van der Waals surface area contributed by atoms with Crippen LogP contribution in [0.4, 0.5) is 0 Å². The smallest absolute Gasteiger partial charge is 0.249 e. The lowest BCUT2D eigenvalue weighted by Gasteiger charge is -2.47. The number of hydrogen-bond acceptors (Lipinski definition) is 6. The summed E-state index contributed by atoms with van der Waals surface area (Å²) >= 11 is 0. The number of carbonyl (C=O) groups is 3. The van der Waals surface area contributed by atoms with Crippen LogP contribution in [0.2, 0.25) is 0 Å². The fourth-order valence-corrected chi connectivity index (χ4v) is 6.75. The molecule has 1 heterocycles. The molecule has 0 radical (unpaired) electrons. The first-order chi connectivity index (χ1) is 18.4. The van der Waals surface area contributed by atoms with Crippen molar-refractivity contribution in [1.29, 1.82) is 0 Å². The average molecular weight is 542 g/mol. The minimum atomic E-state index is -1.25. The van der Waals surface area contributed by atoms with Crippen LogP contribution in [0.3, 0.4) is 0 Å². The van der Waals surface area contributed by atoms with Crippen molar-refractivity contribution < 1.29 is 29.0 Å². The summed E-state index contributed by atoms with van der Waals surface area (Å²) < 4.78 is 11.7. The van der Waals surface area contributed by atoms with E-state index < -0.39 is 34.7 Å². The fourth-order valence-electron chi connectivity index (χ4n) is 6.75. The maximum absolute atomic E-state index is 13.7. The number of rotatable bonds is 9. The van der Waals surface area contributed by atoms with Crippen molar-refractivity contribution in [2.24, 2.45) is 23.2 Å². The molecule has 1 aromatic rings. The average Bonchev–Trinajstić information content (AvgIpc) is 3.35. The Morgan fingerprint density at radius 3 is 2.33 bits per heavy atom. The summed E-state index contributed by atoms with van der Waals surface area (Å²) in [7, 11) is 0. The number of carboxylic acid groups (broad SMARTS) is 1. The van der Waals surface area contributed by atoms with Gasteiger partial charge in [0.2, 0.25) is 11.8 Å². The topological polar surface area (TPSA) is 117 Å². The lowest BCUT2D eigenvalue weighted by Crippen LogP contribution is -2.64. The maximum atomic E-state index is 13.7. The van der Waals surface area contributed by atoms with Crippen LogP contribution >= 0.6 is 0 Å². The minimum absolute atomic E-state index is 0.0662. The maximum Gasteiger partial charge on any atom is 0.249 e. The summed E-state index contributed by atoms with van der Waals surface area (Å²) in [6.45, 7) is 7.50. The molecule has 1 saturated heterocycles. The van der Waals surface area contributed by atoms with E-state index in [2.05, 4.69) is 22.8 Å². The van der Waals surface area contributed by atoms with E-state index in [9.17, 15) is 19.5 Å². The third kappa shape index (κ3) is 7.01. The van der Waals surface area contributed by atoms with E-state index in [0.717, 1.165) is 44.9 Å². The summed E-state index contributed by atoms with van der Waals surface area (Å²) in [6, 6.07) is 10.2. The van der Waals surface area contributed by atoms with Gasteiger partial charge in [0.05, 0.1) is 6.61 Å². The number of aliphatic carboxylic acids is 1. The van der Waals surface area contributed by atoms with Gasteiger partial charge in [0.15, 0.2) is 5.79 Å². The monoisotopic (exact) mass is 541 g/mol. The highest BCUT2D eigenvalue weighted by Gasteiger charge is 2.48. The quantitative estimate of drug-likeness (QED) is 0.496. The van der Waals surface area contributed by atoms with Gasteiger partial charge in [-0.2, -0.15) is 0 Å². The molecule has 8 heteroatoms. The summed E-state index contributed by atoms with van der Waals surface area (Å²) in [5.41, 5.74) is -0.317. The van der Waals surface area contributed by atoms with Gasteiger partial charge < -0.3 is 30.0 Å². The lowest BCUT2D eigenvalue weighted by atomic mass is 9.71. The molecule has 39 heavy (non-hydrogen) atoms. The van der Waals surface area contributed by atoms with Crippen LogP contribution in [0, 0.1) is 23.2 Å². The highest BCUT2D eigenvalue weighted by Crippen LogP contribution is 2.39. The van der Waals surface area contributed by atoms with Crippen molar-refractivity contribution in [1.82, 2.24) is 10.6 Å². The van der Waals surface area contributed by atoms with Gasteiger partial charge in [-0.15, -0.1) is 0 Å². The van der Waals surface area contributed by atoms with Crippen LogP contribution in [0.5, 0.6) is 0 Å². The largest absolute Gasteiger partial charge is 0.550 e. The molecule has 4 rings (SSSR count). The number of amides is 2. The number of carbonyl (C=O) groups excluding carboxylic acids is 3. The van der Waals surface area contributed by atoms with E-state index in [1.165, 1.54) is 5.56 Å². The molecule has 0 spiro atoms. The number of hydrogen-bond donors (Lipinski definition) is 2. The molecule has 2 amide bonds. The molecule has 4 unspecified atom stereocenters. The molecule has 8 nitrogen and oxygen atoms in total. The van der Waals surface area contributed by atoms with Crippen LogP contribution in [-0.2, 0) is 30.3 Å². The second kappa shape index (κ2) is 12.0. The molecular formula is C31H45N2O6-. The van der Waals surface area contributed by atoms with Gasteiger partial charge in [-0.05, 0) is 57.4 Å². The van der Waals surface area contributed by atoms with Gasteiger partial charge in [0.1, 0.15) is 6.10 Å². The molecule has 0 bridgehead atoms. The first kappa shape index (κ1) is 29.5. The Bertz CT molecular complexity index is 1020. The molecule has 3 aliphatic rings. The highest BCUT2D eigenvalue weighted by atomic mass is 16.7. The van der Waals surface area contributed by atoms with Crippen molar-refractivity contribution >= 4 is 17.8 Å². The molecule has 1 aromatic carbocycles. The molecule has 3 fully saturated rings. The Labute approximate surface area is 232 Å². The molecule has 4 atom stereocenters. The van der Waals surface area contributed by atoms with Crippen LogP contribution in [0.25, 0.3) is 0 Å². The first-order valence-electron chi connectivity index (χ1n) is 14.6. The molecule has 2 aliphatic carbocycles. The molecule has 1 aliphatic heterocycles. The van der Waals surface area contributed by atoms with Crippen molar-refractivity contribution in [2.45, 2.75) is 103 Å². The van der Waals surface area contributed by atoms with Gasteiger partial charge in [-0.1, -0.05) is 69.9 Å². The summed E-state index contributed by atoms with van der Waals surface area (Å²) in [5.74, 6) is -3.58. The van der Waals surface area contributed by atoms with Gasteiger partial charge in [-0.3, -0.25) is 9.59 Å². The summed E-state index contributed by atoms with van der Waals surface area (Å²) in [6.07, 6.45) is 6.55. The van der Waals surface area contributed by atoms with E-state index in [0.29, 0.717) is 19.4 Å². The third-order valence-electron chi connectivity index (χ3n) is 9.03. The number of nitrogens with one attached hydrogen (secondary N) is 2. The number of carboxylic acids is 1. The Hall–Kier alpha value is -2.45. The van der Waals surface area contributed by atoms with Gasteiger partial charge in [0.25, 0.3) is 0 Å². The zero-order chi connectivity index (χ0) is 28.3. The summed E-state index contributed by atoms with van der Waals surface area (Å²) in [5, 5.41) is 18.7. The van der Waals surface area contributed by atoms with Crippen molar-refractivity contribution in [3.8, 4) is 0 Å². The van der Waals surface area contributed by atoms with Gasteiger partial charge >= 0.3 is 0 Å². The highest BCUT2D eigenvalue weighted by molar-refractivity contribution is 5.83. The second-order valence-electron chi connectivity index (χ2n) is 13.0. The van der Waals surface area contributed by atoms with Crippen LogP contribution < -0.4 is 15.7 Å². The van der Waals surface area contributed by atoms with Crippen LogP contribution in [-0.4, -0.2) is 48.4 Å². The molecule has 0 aromatic heterocycles. The van der Waals surface area contributed by atoms with E-state index in [-0.39, 0.29) is 30.2 Å². The fraction of sp³-hybridized carbons (Fsp3) is 0.710. The van der Waals surface area contributed by atoms with Crippen LogP contribution in [0.1, 0.15) is 84.6 Å². The van der Waals surface area contributed by atoms with E-state index in [4.69, 9.17) is 9.47 Å². The zero-order valence-corrected chi connectivity index (χ0v) is 23.9. The predicted molar refractivity (Wildman–Crippen MR) is 145 cm³/mol. The van der Waals surface area contributed by atoms with Crippen molar-refractivity contribution in [3.05, 3.63) is 35.9 Å². The zero-order valence-electron chi connectivity index (χ0n) is 23.9. The molecule has 216 valence electrons. The standard InChI is InChI=1S/C31H46N2O6/c1-29(2)20-38-30(3,4)39-25(29)27(35)32-19-24(28(36)37)31(16-9-6-10-17-31)33-26(34)23-15-11-14-22(23)18-21-12-7-5-8-13-21/h5,7-8,12-13,22-25H,6,9-11,14-20H2,1-4H3,(H,32,35)(H,33,34)(H,36,37)/p-1. The SMILES string of the molecule is CC1(C)OCC(C)(C)C(C(=O)NCC(C(=O)[O-])C2(NC(=O)C3CCCC3Cc3ccccc3)CCCCC2)O1. The normalized spacial score (nSPS) is 28.3. The Morgan fingerprint density at radius 1 is 0.974 bits per heavy atom. The predicted octanol–water partition coefficient (Wildman–Crippen LogP) is 3.12. The third-order valence-corrected chi connectivity index (χ3v) is 9.03. The van der Waals surface area contributed by atoms with Crippen molar-refractivity contribution in [2.75, 3.05) is 13.2 Å². The number of benzene rings is 1. The van der Waals surface area contributed by atoms with Gasteiger partial charge in [-0.25, -0.2) is 0 Å². The molecule has 2 N–H and O–H groups in total. The Balaban J connectivity index is 1.48. The van der Waals surface area contributed by atoms with Crippen LogP contribution in [0.15, 0.2) is 30.3 Å². The number of ether oxygens (including phenoxy) is 2.